The van der Waals surface area contributed by atoms with Gasteiger partial charge in [-0.3, -0.25) is 9.69 Å². The van der Waals surface area contributed by atoms with E-state index in [9.17, 15) is 15.0 Å². The molecule has 7 nitrogen and oxygen atoms in total. The van der Waals surface area contributed by atoms with Gasteiger partial charge in [-0.1, -0.05) is 12.1 Å². The van der Waals surface area contributed by atoms with Crippen molar-refractivity contribution < 1.29 is 24.2 Å². The Hall–Kier alpha value is -3.03. The van der Waals surface area contributed by atoms with E-state index in [0.717, 1.165) is 48.4 Å². The molecule has 3 N–H and O–H groups in total. The number of furan rings is 1. The molecule has 2 aliphatic heterocycles. The molecular formula is C29H30N2O5. The van der Waals surface area contributed by atoms with Crippen molar-refractivity contribution in [3.05, 3.63) is 59.4 Å². The number of nitrogens with zero attached hydrogens (tertiary/aromatic N) is 1. The van der Waals surface area contributed by atoms with E-state index in [1.165, 1.54) is 12.8 Å². The summed E-state index contributed by atoms with van der Waals surface area (Å²) in [4.78, 5) is 15.9. The van der Waals surface area contributed by atoms with E-state index in [4.69, 9.17) is 9.15 Å². The highest BCUT2D eigenvalue weighted by Gasteiger charge is 2.73. The molecule has 36 heavy (non-hydrogen) atoms. The Labute approximate surface area is 209 Å². The fourth-order valence-electron chi connectivity index (χ4n) is 7.98. The normalized spacial score (nSPS) is 34.3. The van der Waals surface area contributed by atoms with Crippen LogP contribution in [0.5, 0.6) is 11.5 Å². The highest BCUT2D eigenvalue weighted by molar-refractivity contribution is 5.97. The Bertz CT molecular complexity index is 1410. The first kappa shape index (κ1) is 21.1. The van der Waals surface area contributed by atoms with E-state index in [-0.39, 0.29) is 23.7 Å². The van der Waals surface area contributed by atoms with Crippen LogP contribution in [0.1, 0.15) is 53.6 Å². The minimum absolute atomic E-state index is 0.0268. The minimum atomic E-state index is -0.953. The number of hydrogen-bond acceptors (Lipinski definition) is 6. The van der Waals surface area contributed by atoms with Crippen molar-refractivity contribution in [2.45, 2.75) is 67.7 Å². The average molecular weight is 487 g/mol. The van der Waals surface area contributed by atoms with Gasteiger partial charge in [0.25, 0.3) is 5.91 Å². The van der Waals surface area contributed by atoms with Gasteiger partial charge in [0.15, 0.2) is 11.5 Å². The lowest BCUT2D eigenvalue weighted by Gasteiger charge is -2.64. The average Bonchev–Trinajstić information content (AvgIpc) is 3.42. The van der Waals surface area contributed by atoms with Crippen LogP contribution in [0.2, 0.25) is 0 Å². The maximum absolute atomic E-state index is 13.4. The molecule has 7 heteroatoms. The molecule has 5 aliphatic rings. The number of fused-ring (bicyclic) bond motifs is 1. The number of phenolic OH excluding ortho intramolecular Hbond substituents is 1. The molecule has 2 saturated carbocycles. The van der Waals surface area contributed by atoms with Gasteiger partial charge >= 0.3 is 0 Å². The van der Waals surface area contributed by atoms with E-state index in [1.54, 1.807) is 18.4 Å². The number of amides is 1. The zero-order chi connectivity index (χ0) is 24.2. The van der Waals surface area contributed by atoms with E-state index >= 15 is 0 Å². The van der Waals surface area contributed by atoms with Crippen molar-refractivity contribution >= 4 is 16.9 Å². The number of carbonyl (C=O) groups is 1. The molecule has 3 aromatic rings. The highest BCUT2D eigenvalue weighted by atomic mass is 16.5. The van der Waals surface area contributed by atoms with Crippen LogP contribution in [0.25, 0.3) is 11.0 Å². The second kappa shape index (κ2) is 7.05. The Balaban J connectivity index is 1.18. The van der Waals surface area contributed by atoms with Crippen molar-refractivity contribution in [3.8, 4) is 11.5 Å². The lowest BCUT2D eigenvalue weighted by molar-refractivity contribution is -0.191. The summed E-state index contributed by atoms with van der Waals surface area (Å²) in [5, 5.41) is 27.5. The standard InChI is InChI=1S/C29H30N2O5/c32-21-6-5-18-14-23-29(34)9-7-20(30-27(33)19-4-3-17-8-12-35-22(17)13-19)26-28(29,24(18)25(21)36-26)10-11-31(23)15-16-1-2-16/h3-6,8,12-13,16,20,23,26,32,34H,1-2,7,9-11,14-15H2,(H,30,33)/t20-,23+,26-,28-,29+/m0/s1. The van der Waals surface area contributed by atoms with Gasteiger partial charge in [0.2, 0.25) is 0 Å². The van der Waals surface area contributed by atoms with Crippen molar-refractivity contribution in [2.75, 3.05) is 13.1 Å². The lowest BCUT2D eigenvalue weighted by Crippen LogP contribution is -2.78. The molecule has 8 rings (SSSR count). The minimum Gasteiger partial charge on any atom is -0.504 e. The number of benzene rings is 2. The monoisotopic (exact) mass is 486 g/mol. The summed E-state index contributed by atoms with van der Waals surface area (Å²) in [6, 6.07) is 10.8. The molecule has 1 amide bonds. The number of piperidine rings is 1. The summed E-state index contributed by atoms with van der Waals surface area (Å²) in [5.41, 5.74) is 1.77. The van der Waals surface area contributed by atoms with Gasteiger partial charge in [-0.2, -0.15) is 0 Å². The van der Waals surface area contributed by atoms with Crippen molar-refractivity contribution in [3.63, 3.8) is 0 Å². The molecule has 2 bridgehead atoms. The lowest BCUT2D eigenvalue weighted by atomic mass is 9.48. The van der Waals surface area contributed by atoms with Gasteiger partial charge in [-0.05, 0) is 80.8 Å². The Morgan fingerprint density at radius 1 is 1.14 bits per heavy atom. The van der Waals surface area contributed by atoms with Crippen molar-refractivity contribution in [2.24, 2.45) is 5.92 Å². The van der Waals surface area contributed by atoms with Crippen LogP contribution < -0.4 is 10.1 Å². The molecule has 3 aliphatic carbocycles. The number of phenols is 1. The van der Waals surface area contributed by atoms with Crippen LogP contribution in [-0.4, -0.2) is 57.9 Å². The van der Waals surface area contributed by atoms with Gasteiger partial charge in [-0.25, -0.2) is 0 Å². The molecule has 5 atom stereocenters. The molecule has 186 valence electrons. The number of aromatic hydroxyl groups is 1. The van der Waals surface area contributed by atoms with E-state index in [2.05, 4.69) is 10.2 Å². The Morgan fingerprint density at radius 3 is 2.89 bits per heavy atom. The molecule has 0 unspecified atom stereocenters. The van der Waals surface area contributed by atoms with Gasteiger partial charge in [0.05, 0.1) is 23.3 Å². The first-order valence-electron chi connectivity index (χ1n) is 13.2. The fourth-order valence-corrected chi connectivity index (χ4v) is 7.98. The SMILES string of the molecule is O=C(N[C@H]1CC[C@@]2(O)[C@H]3Cc4ccc(O)c5c4[C@@]2(CCN3CC2CC2)[C@H]1O5)c1ccc2ccoc2c1. The van der Waals surface area contributed by atoms with Crippen molar-refractivity contribution in [1.82, 2.24) is 10.2 Å². The number of likely N-dealkylation sites (tertiary alicyclic amines) is 1. The van der Waals surface area contributed by atoms with E-state index in [1.807, 2.05) is 24.3 Å². The number of nitrogens with one attached hydrogen (secondary N) is 1. The zero-order valence-corrected chi connectivity index (χ0v) is 20.1. The van der Waals surface area contributed by atoms with Gasteiger partial charge < -0.3 is 24.7 Å². The summed E-state index contributed by atoms with van der Waals surface area (Å²) in [7, 11) is 0. The summed E-state index contributed by atoms with van der Waals surface area (Å²) >= 11 is 0. The molecule has 3 heterocycles. The topological polar surface area (TPSA) is 95.2 Å². The second-order valence-electron chi connectivity index (χ2n) is 11.6. The quantitative estimate of drug-likeness (QED) is 0.523. The van der Waals surface area contributed by atoms with Gasteiger partial charge in [0, 0.05) is 29.1 Å². The largest absolute Gasteiger partial charge is 0.504 e. The van der Waals surface area contributed by atoms with Gasteiger partial charge in [-0.15, -0.1) is 0 Å². The third-order valence-electron chi connectivity index (χ3n) is 9.80. The molecule has 3 fully saturated rings. The summed E-state index contributed by atoms with van der Waals surface area (Å²) in [6.45, 7) is 1.94. The second-order valence-corrected chi connectivity index (χ2v) is 11.6. The molecule has 1 saturated heterocycles. The third-order valence-corrected chi connectivity index (χ3v) is 9.80. The maximum atomic E-state index is 13.4. The maximum Gasteiger partial charge on any atom is 0.251 e. The number of carbonyl (C=O) groups excluding carboxylic acids is 1. The van der Waals surface area contributed by atoms with E-state index in [0.29, 0.717) is 29.7 Å². The number of hydrogen-bond donors (Lipinski definition) is 3. The van der Waals surface area contributed by atoms with E-state index < -0.39 is 17.1 Å². The Kier molecular flexibility index (Phi) is 4.13. The smallest absolute Gasteiger partial charge is 0.251 e. The predicted molar refractivity (Wildman–Crippen MR) is 132 cm³/mol. The number of aliphatic hydroxyl groups is 1. The highest BCUT2D eigenvalue weighted by Crippen LogP contribution is 2.65. The first-order chi connectivity index (χ1) is 17.5. The molecule has 2 aromatic carbocycles. The number of ether oxygens (including phenoxy) is 1. The summed E-state index contributed by atoms with van der Waals surface area (Å²) < 4.78 is 12.0. The summed E-state index contributed by atoms with van der Waals surface area (Å²) in [5.74, 6) is 1.19. The van der Waals surface area contributed by atoms with Crippen LogP contribution in [0.15, 0.2) is 47.1 Å². The van der Waals surface area contributed by atoms with Crippen LogP contribution in [0.4, 0.5) is 0 Å². The zero-order valence-electron chi connectivity index (χ0n) is 20.1. The van der Waals surface area contributed by atoms with Crippen LogP contribution in [0.3, 0.4) is 0 Å². The van der Waals surface area contributed by atoms with Crippen LogP contribution in [-0.2, 0) is 11.8 Å². The molecule has 0 radical (unpaired) electrons. The molecular weight excluding hydrogens is 456 g/mol. The summed E-state index contributed by atoms with van der Waals surface area (Å²) in [6.07, 6.45) is 6.49. The predicted octanol–water partition coefficient (Wildman–Crippen LogP) is 3.50. The molecule has 1 aromatic heterocycles. The first-order valence-corrected chi connectivity index (χ1v) is 13.2. The van der Waals surface area contributed by atoms with Crippen LogP contribution in [0, 0.1) is 5.92 Å². The Morgan fingerprint density at radius 2 is 2.03 bits per heavy atom. The van der Waals surface area contributed by atoms with Crippen molar-refractivity contribution in [1.29, 1.82) is 0 Å². The number of rotatable bonds is 4. The molecule has 1 spiro atoms. The van der Waals surface area contributed by atoms with Gasteiger partial charge in [0.1, 0.15) is 11.7 Å². The fraction of sp³-hybridized carbons (Fsp3) is 0.483. The van der Waals surface area contributed by atoms with Crippen LogP contribution >= 0.6 is 0 Å². The third kappa shape index (κ3) is 2.62.